The van der Waals surface area contributed by atoms with Gasteiger partial charge < -0.3 is 0 Å². The molecule has 0 aromatic heterocycles. The third-order valence-corrected chi connectivity index (χ3v) is 8.54. The van der Waals surface area contributed by atoms with Gasteiger partial charge in [-0.1, -0.05) is 77.7 Å². The van der Waals surface area contributed by atoms with Crippen molar-refractivity contribution in [1.29, 1.82) is 0 Å². The highest BCUT2D eigenvalue weighted by atomic mass is 16.1. The van der Waals surface area contributed by atoms with E-state index in [1.165, 1.54) is 55.2 Å². The molecule has 4 atom stereocenters. The fourth-order valence-electron chi connectivity index (χ4n) is 6.72. The standard InChI is InChI=1S/C27H38O/c1-18(2)7-6-8-19(3)23-11-12-24-22-10-9-20-17-21(28)13-15-26(20,4)25(22)14-16-27(23,24)5/h9-10,14,17-19,23H,6-8,11-13,15-16H2,1-5H3/t19-,23-,26+,27-/m1/s1. The number of ketones is 1. The maximum atomic E-state index is 12.0. The van der Waals surface area contributed by atoms with Crippen LogP contribution in [0.25, 0.3) is 0 Å². The van der Waals surface area contributed by atoms with Gasteiger partial charge in [0.15, 0.2) is 5.78 Å². The largest absolute Gasteiger partial charge is 0.295 e. The molecule has 0 aliphatic heterocycles. The molecule has 28 heavy (non-hydrogen) atoms. The van der Waals surface area contributed by atoms with Gasteiger partial charge in [0, 0.05) is 11.8 Å². The Morgan fingerprint density at radius 2 is 1.89 bits per heavy atom. The Labute approximate surface area is 172 Å². The molecule has 1 nitrogen and oxygen atoms in total. The van der Waals surface area contributed by atoms with Gasteiger partial charge in [-0.15, -0.1) is 0 Å². The first-order valence-electron chi connectivity index (χ1n) is 11.6. The molecule has 0 heterocycles. The van der Waals surface area contributed by atoms with Crippen LogP contribution in [0.3, 0.4) is 0 Å². The Kier molecular flexibility index (Phi) is 5.09. The zero-order chi connectivity index (χ0) is 20.1. The highest BCUT2D eigenvalue weighted by molar-refractivity contribution is 5.93. The molecule has 1 fully saturated rings. The molecule has 0 bridgehead atoms. The number of allylic oxidation sites excluding steroid dienone is 8. The summed E-state index contributed by atoms with van der Waals surface area (Å²) in [5.74, 6) is 2.74. The van der Waals surface area contributed by atoms with E-state index in [-0.39, 0.29) is 5.41 Å². The van der Waals surface area contributed by atoms with Gasteiger partial charge in [0.2, 0.25) is 0 Å². The number of hydrogen-bond donors (Lipinski definition) is 0. The minimum Gasteiger partial charge on any atom is -0.295 e. The molecule has 0 unspecified atom stereocenters. The predicted octanol–water partition coefficient (Wildman–Crippen LogP) is 7.36. The molecule has 0 saturated heterocycles. The summed E-state index contributed by atoms with van der Waals surface area (Å²) in [7, 11) is 0. The summed E-state index contributed by atoms with van der Waals surface area (Å²) >= 11 is 0. The summed E-state index contributed by atoms with van der Waals surface area (Å²) in [5.41, 5.74) is 6.39. The lowest BCUT2D eigenvalue weighted by atomic mass is 9.58. The zero-order valence-corrected chi connectivity index (χ0v) is 18.6. The first kappa shape index (κ1) is 19.9. The first-order chi connectivity index (χ1) is 13.3. The third kappa shape index (κ3) is 3.10. The van der Waals surface area contributed by atoms with Crippen molar-refractivity contribution in [2.75, 3.05) is 0 Å². The van der Waals surface area contributed by atoms with Crippen molar-refractivity contribution in [3.63, 3.8) is 0 Å². The number of hydrogen-bond acceptors (Lipinski definition) is 1. The van der Waals surface area contributed by atoms with E-state index < -0.39 is 0 Å². The van der Waals surface area contributed by atoms with Gasteiger partial charge in [0.25, 0.3) is 0 Å². The van der Waals surface area contributed by atoms with Gasteiger partial charge in [0.05, 0.1) is 0 Å². The van der Waals surface area contributed by atoms with Crippen molar-refractivity contribution in [1.82, 2.24) is 0 Å². The Hall–Kier alpha value is -1.37. The van der Waals surface area contributed by atoms with E-state index in [1.807, 2.05) is 6.08 Å². The Morgan fingerprint density at radius 1 is 1.11 bits per heavy atom. The van der Waals surface area contributed by atoms with Gasteiger partial charge in [-0.3, -0.25) is 4.79 Å². The number of rotatable bonds is 5. The first-order valence-corrected chi connectivity index (χ1v) is 11.6. The highest BCUT2D eigenvalue weighted by Gasteiger charge is 2.50. The van der Waals surface area contributed by atoms with Crippen molar-refractivity contribution < 1.29 is 4.79 Å². The van der Waals surface area contributed by atoms with E-state index in [1.54, 1.807) is 5.57 Å². The van der Waals surface area contributed by atoms with Crippen molar-refractivity contribution in [3.05, 3.63) is 46.6 Å². The van der Waals surface area contributed by atoms with E-state index in [4.69, 9.17) is 0 Å². The van der Waals surface area contributed by atoms with Gasteiger partial charge in [-0.05, 0) is 71.6 Å². The predicted molar refractivity (Wildman–Crippen MR) is 118 cm³/mol. The molecule has 0 aromatic rings. The van der Waals surface area contributed by atoms with E-state index in [0.29, 0.717) is 17.6 Å². The molecule has 0 N–H and O–H groups in total. The third-order valence-electron chi connectivity index (χ3n) is 8.54. The van der Waals surface area contributed by atoms with Crippen molar-refractivity contribution in [2.45, 2.75) is 86.0 Å². The van der Waals surface area contributed by atoms with Crippen LogP contribution in [0.4, 0.5) is 0 Å². The average Bonchev–Trinajstić information content (AvgIpc) is 2.99. The smallest absolute Gasteiger partial charge is 0.156 e. The van der Waals surface area contributed by atoms with Gasteiger partial charge in [-0.25, -0.2) is 0 Å². The van der Waals surface area contributed by atoms with Crippen LogP contribution in [0.2, 0.25) is 0 Å². The monoisotopic (exact) mass is 378 g/mol. The molecular formula is C27H38O. The molecule has 0 amide bonds. The van der Waals surface area contributed by atoms with E-state index in [2.05, 4.69) is 52.8 Å². The maximum absolute atomic E-state index is 12.0. The summed E-state index contributed by atoms with van der Waals surface area (Å²) in [6, 6.07) is 0. The summed E-state index contributed by atoms with van der Waals surface area (Å²) in [5, 5.41) is 0. The van der Waals surface area contributed by atoms with Crippen LogP contribution >= 0.6 is 0 Å². The lowest BCUT2D eigenvalue weighted by Crippen LogP contribution is -2.35. The normalized spacial score (nSPS) is 35.4. The molecule has 0 aromatic carbocycles. The van der Waals surface area contributed by atoms with Crippen LogP contribution in [0, 0.1) is 28.6 Å². The lowest BCUT2D eigenvalue weighted by Gasteiger charge is -2.46. The topological polar surface area (TPSA) is 17.1 Å². The Morgan fingerprint density at radius 3 is 2.64 bits per heavy atom. The van der Waals surface area contributed by atoms with E-state index >= 15 is 0 Å². The van der Waals surface area contributed by atoms with Crippen LogP contribution in [0.15, 0.2) is 46.6 Å². The van der Waals surface area contributed by atoms with Crippen molar-refractivity contribution >= 4 is 5.78 Å². The molecule has 1 heteroatoms. The summed E-state index contributed by atoms with van der Waals surface area (Å²) < 4.78 is 0. The summed E-state index contributed by atoms with van der Waals surface area (Å²) in [6.45, 7) is 12.1. The van der Waals surface area contributed by atoms with E-state index in [0.717, 1.165) is 24.2 Å². The molecular weight excluding hydrogens is 340 g/mol. The minimum atomic E-state index is 0.0489. The Balaban J connectivity index is 1.62. The SMILES string of the molecule is CC(C)CCC[C@@H](C)[C@H]1CCC2=C3C=CC4=CC(=O)CC[C@]4(C)C3=CC[C@@]21C. The van der Waals surface area contributed by atoms with Crippen LogP contribution < -0.4 is 0 Å². The van der Waals surface area contributed by atoms with Gasteiger partial charge >= 0.3 is 0 Å². The lowest BCUT2D eigenvalue weighted by molar-refractivity contribution is -0.115. The van der Waals surface area contributed by atoms with E-state index in [9.17, 15) is 4.79 Å². The second-order valence-corrected chi connectivity index (χ2v) is 10.8. The molecule has 0 radical (unpaired) electrons. The molecule has 4 aliphatic carbocycles. The number of fused-ring (bicyclic) bond motifs is 4. The quantitative estimate of drug-likeness (QED) is 0.488. The van der Waals surface area contributed by atoms with Crippen molar-refractivity contribution in [3.8, 4) is 0 Å². The van der Waals surface area contributed by atoms with Crippen LogP contribution in [0.5, 0.6) is 0 Å². The molecule has 152 valence electrons. The number of carbonyl (C=O) groups is 1. The number of carbonyl (C=O) groups excluding carboxylic acids is 1. The molecule has 1 saturated carbocycles. The second-order valence-electron chi connectivity index (χ2n) is 10.8. The summed E-state index contributed by atoms with van der Waals surface area (Å²) in [6.07, 6.45) is 18.6. The Bertz CT molecular complexity index is 789. The van der Waals surface area contributed by atoms with Crippen molar-refractivity contribution in [2.24, 2.45) is 28.6 Å². The molecule has 4 rings (SSSR count). The van der Waals surface area contributed by atoms with Crippen LogP contribution in [0.1, 0.15) is 86.0 Å². The molecule has 0 spiro atoms. The molecule has 4 aliphatic rings. The fourth-order valence-corrected chi connectivity index (χ4v) is 6.72. The van der Waals surface area contributed by atoms with Gasteiger partial charge in [0.1, 0.15) is 0 Å². The fraction of sp³-hybridized carbons (Fsp3) is 0.667. The highest BCUT2D eigenvalue weighted by Crippen LogP contribution is 2.61. The second kappa shape index (κ2) is 7.15. The zero-order valence-electron chi connectivity index (χ0n) is 18.6. The average molecular weight is 379 g/mol. The van der Waals surface area contributed by atoms with Crippen LogP contribution in [-0.4, -0.2) is 5.78 Å². The summed E-state index contributed by atoms with van der Waals surface area (Å²) in [4.78, 5) is 12.0. The maximum Gasteiger partial charge on any atom is 0.156 e. The van der Waals surface area contributed by atoms with Crippen LogP contribution in [-0.2, 0) is 4.79 Å². The minimum absolute atomic E-state index is 0.0489. The van der Waals surface area contributed by atoms with Gasteiger partial charge in [-0.2, -0.15) is 0 Å².